The SMILES string of the molecule is CC1(C)c2ccccc2-c2c(N(c3ccccc3)c3ccc4c(c3)C3(c5ccccc5-c5ccccc53)c3ccccc3-4)ccc3cccc1c23. The predicted molar refractivity (Wildman–Crippen MR) is 212 cm³/mol. The smallest absolute Gasteiger partial charge is 0.0726 e. The van der Waals surface area contributed by atoms with Crippen molar-refractivity contribution < 1.29 is 0 Å². The van der Waals surface area contributed by atoms with Gasteiger partial charge in [-0.15, -0.1) is 0 Å². The van der Waals surface area contributed by atoms with E-state index >= 15 is 0 Å². The van der Waals surface area contributed by atoms with Crippen LogP contribution in [0.2, 0.25) is 0 Å². The van der Waals surface area contributed by atoms with Crippen LogP contribution in [0.15, 0.2) is 176 Å². The molecule has 0 aromatic heterocycles. The average Bonchev–Trinajstić information content (AvgIpc) is 3.65. The van der Waals surface area contributed by atoms with E-state index in [1.807, 2.05) is 0 Å². The number of hydrogen-bond donors (Lipinski definition) is 0. The molecule has 3 aliphatic carbocycles. The highest BCUT2D eigenvalue weighted by molar-refractivity contribution is 6.10. The van der Waals surface area contributed by atoms with Crippen molar-refractivity contribution in [3.63, 3.8) is 0 Å². The Balaban J connectivity index is 1.24. The highest BCUT2D eigenvalue weighted by atomic mass is 15.1. The van der Waals surface area contributed by atoms with Crippen LogP contribution in [0.25, 0.3) is 44.2 Å². The van der Waals surface area contributed by atoms with Gasteiger partial charge in [-0.25, -0.2) is 0 Å². The minimum Gasteiger partial charge on any atom is -0.310 e. The molecular formula is C50H35N. The summed E-state index contributed by atoms with van der Waals surface area (Å²) in [6.45, 7) is 4.75. The van der Waals surface area contributed by atoms with Gasteiger partial charge in [0.15, 0.2) is 0 Å². The third-order valence-corrected chi connectivity index (χ3v) is 12.1. The van der Waals surface area contributed by atoms with Gasteiger partial charge in [0.1, 0.15) is 0 Å². The summed E-state index contributed by atoms with van der Waals surface area (Å²) in [5, 5.41) is 2.63. The van der Waals surface area contributed by atoms with Crippen LogP contribution < -0.4 is 4.90 Å². The number of rotatable bonds is 3. The van der Waals surface area contributed by atoms with E-state index in [2.05, 4.69) is 195 Å². The molecule has 1 nitrogen and oxygen atoms in total. The van der Waals surface area contributed by atoms with Crippen molar-refractivity contribution in [3.05, 3.63) is 209 Å². The molecule has 0 aliphatic heterocycles. The van der Waals surface area contributed by atoms with E-state index in [9.17, 15) is 0 Å². The van der Waals surface area contributed by atoms with Gasteiger partial charge in [-0.05, 0) is 102 Å². The van der Waals surface area contributed by atoms with Gasteiger partial charge in [0, 0.05) is 22.4 Å². The summed E-state index contributed by atoms with van der Waals surface area (Å²) in [4.78, 5) is 2.50. The molecule has 1 spiro atoms. The van der Waals surface area contributed by atoms with E-state index in [1.54, 1.807) is 0 Å². The lowest BCUT2D eigenvalue weighted by molar-refractivity contribution is 0.645. The summed E-state index contributed by atoms with van der Waals surface area (Å²) in [6, 6.07) is 65.9. The van der Waals surface area contributed by atoms with Crippen molar-refractivity contribution in [2.24, 2.45) is 0 Å². The van der Waals surface area contributed by atoms with Crippen molar-refractivity contribution in [3.8, 4) is 33.4 Å². The zero-order valence-corrected chi connectivity index (χ0v) is 28.7. The fraction of sp³-hybridized carbons (Fsp3) is 0.0800. The number of hydrogen-bond acceptors (Lipinski definition) is 1. The van der Waals surface area contributed by atoms with Crippen LogP contribution in [0, 0.1) is 0 Å². The summed E-state index contributed by atoms with van der Waals surface area (Å²) in [6.07, 6.45) is 0. The van der Waals surface area contributed by atoms with Crippen LogP contribution in [0.3, 0.4) is 0 Å². The largest absolute Gasteiger partial charge is 0.310 e. The summed E-state index contributed by atoms with van der Waals surface area (Å²) in [5.74, 6) is 0. The number of nitrogens with zero attached hydrogens (tertiary/aromatic N) is 1. The van der Waals surface area contributed by atoms with Crippen LogP contribution in [-0.4, -0.2) is 0 Å². The van der Waals surface area contributed by atoms with E-state index in [1.165, 1.54) is 83.2 Å². The first-order chi connectivity index (χ1) is 25.1. The second-order valence-corrected chi connectivity index (χ2v) is 14.8. The van der Waals surface area contributed by atoms with Crippen LogP contribution >= 0.6 is 0 Å². The summed E-state index contributed by atoms with van der Waals surface area (Å²) in [7, 11) is 0. The van der Waals surface area contributed by atoms with E-state index in [0.29, 0.717) is 0 Å². The molecule has 0 bridgehead atoms. The van der Waals surface area contributed by atoms with Gasteiger partial charge < -0.3 is 4.90 Å². The lowest BCUT2D eigenvalue weighted by atomic mass is 9.68. The minimum atomic E-state index is -0.404. The zero-order chi connectivity index (χ0) is 33.9. The summed E-state index contributed by atoms with van der Waals surface area (Å²) < 4.78 is 0. The molecule has 0 fully saturated rings. The predicted octanol–water partition coefficient (Wildman–Crippen LogP) is 13.0. The maximum absolute atomic E-state index is 2.50. The van der Waals surface area contributed by atoms with Gasteiger partial charge in [-0.3, -0.25) is 0 Å². The molecule has 1 heteroatoms. The maximum atomic E-state index is 2.50. The quantitative estimate of drug-likeness (QED) is 0.184. The van der Waals surface area contributed by atoms with Crippen molar-refractivity contribution >= 4 is 27.8 Å². The molecule has 0 amide bonds. The molecule has 51 heavy (non-hydrogen) atoms. The van der Waals surface area contributed by atoms with E-state index in [4.69, 9.17) is 0 Å². The lowest BCUT2D eigenvalue weighted by Gasteiger charge is -2.38. The van der Waals surface area contributed by atoms with Gasteiger partial charge in [-0.1, -0.05) is 159 Å². The molecule has 0 N–H and O–H groups in total. The Labute approximate surface area is 299 Å². The van der Waals surface area contributed by atoms with Crippen molar-refractivity contribution in [2.75, 3.05) is 4.90 Å². The molecule has 0 atom stereocenters. The third-order valence-electron chi connectivity index (χ3n) is 12.1. The van der Waals surface area contributed by atoms with Crippen LogP contribution in [0.5, 0.6) is 0 Å². The lowest BCUT2D eigenvalue weighted by Crippen LogP contribution is -2.26. The average molecular weight is 650 g/mol. The summed E-state index contributed by atoms with van der Waals surface area (Å²) in [5.41, 5.74) is 19.0. The van der Waals surface area contributed by atoms with Gasteiger partial charge in [-0.2, -0.15) is 0 Å². The number of para-hydroxylation sites is 1. The van der Waals surface area contributed by atoms with Gasteiger partial charge >= 0.3 is 0 Å². The van der Waals surface area contributed by atoms with Crippen LogP contribution in [0.1, 0.15) is 47.2 Å². The highest BCUT2D eigenvalue weighted by Gasteiger charge is 2.51. The first kappa shape index (κ1) is 28.6. The zero-order valence-electron chi connectivity index (χ0n) is 28.7. The second kappa shape index (κ2) is 10.2. The Kier molecular flexibility index (Phi) is 5.72. The molecule has 8 aromatic carbocycles. The first-order valence-electron chi connectivity index (χ1n) is 18.0. The van der Waals surface area contributed by atoms with E-state index < -0.39 is 5.41 Å². The molecule has 0 unspecified atom stereocenters. The Morgan fingerprint density at radius 3 is 1.55 bits per heavy atom. The standard InChI is InChI=1S/C50H35N/c1-49(2)40-22-10-9-21-39(40)48-46(30-27-32-15-14-26-44(49)47(32)48)51(33-16-4-3-5-17-33)34-28-29-38-37-20-8-13-25-43(37)50(45(38)31-34)41-23-11-6-18-35(41)36-19-7-12-24-42(36)50/h3-31H,1-2H3. The monoisotopic (exact) mass is 649 g/mol. The van der Waals surface area contributed by atoms with Crippen molar-refractivity contribution in [1.29, 1.82) is 0 Å². The molecule has 8 aromatic rings. The first-order valence-corrected chi connectivity index (χ1v) is 18.0. The highest BCUT2D eigenvalue weighted by Crippen LogP contribution is 2.63. The number of benzene rings is 8. The molecule has 240 valence electrons. The fourth-order valence-electron chi connectivity index (χ4n) is 9.97. The van der Waals surface area contributed by atoms with Crippen molar-refractivity contribution in [2.45, 2.75) is 24.7 Å². The van der Waals surface area contributed by atoms with Crippen molar-refractivity contribution in [1.82, 2.24) is 0 Å². The molecular weight excluding hydrogens is 615 g/mol. The van der Waals surface area contributed by atoms with E-state index in [0.717, 1.165) is 11.4 Å². The molecule has 0 saturated carbocycles. The van der Waals surface area contributed by atoms with E-state index in [-0.39, 0.29) is 5.41 Å². The summed E-state index contributed by atoms with van der Waals surface area (Å²) >= 11 is 0. The normalized spacial score (nSPS) is 14.8. The van der Waals surface area contributed by atoms with Crippen LogP contribution in [-0.2, 0) is 10.8 Å². The van der Waals surface area contributed by atoms with Gasteiger partial charge in [0.25, 0.3) is 0 Å². The third kappa shape index (κ3) is 3.60. The molecule has 0 radical (unpaired) electrons. The maximum Gasteiger partial charge on any atom is 0.0726 e. The Hall–Kier alpha value is -6.18. The molecule has 0 saturated heterocycles. The molecule has 0 heterocycles. The van der Waals surface area contributed by atoms with Gasteiger partial charge in [0.2, 0.25) is 0 Å². The number of anilines is 3. The molecule has 3 aliphatic rings. The van der Waals surface area contributed by atoms with Crippen LogP contribution in [0.4, 0.5) is 17.1 Å². The topological polar surface area (TPSA) is 3.24 Å². The fourth-order valence-corrected chi connectivity index (χ4v) is 9.97. The Morgan fingerprint density at radius 1 is 0.373 bits per heavy atom. The minimum absolute atomic E-state index is 0.117. The Bertz CT molecular complexity index is 2670. The Morgan fingerprint density at radius 2 is 0.902 bits per heavy atom. The van der Waals surface area contributed by atoms with Gasteiger partial charge in [0.05, 0.1) is 11.1 Å². The second-order valence-electron chi connectivity index (χ2n) is 14.8. The molecule has 11 rings (SSSR count). The number of fused-ring (bicyclic) bond motifs is 12.